The molecule has 2 aromatic rings. The van der Waals surface area contributed by atoms with Crippen molar-refractivity contribution in [1.82, 2.24) is 14.9 Å². The highest BCUT2D eigenvalue weighted by molar-refractivity contribution is 7.19. The van der Waals surface area contributed by atoms with E-state index in [-0.39, 0.29) is 5.54 Å². The molecule has 1 N–H and O–H groups in total. The fourth-order valence-corrected chi connectivity index (χ4v) is 5.23. The molecular weight excluding hydrogens is 320 g/mol. The molecule has 2 aliphatic rings. The van der Waals surface area contributed by atoms with E-state index in [2.05, 4.69) is 34.3 Å². The van der Waals surface area contributed by atoms with Crippen molar-refractivity contribution in [2.45, 2.75) is 44.1 Å². The molecule has 0 spiro atoms. The van der Waals surface area contributed by atoms with Crippen LogP contribution in [0.1, 0.15) is 36.1 Å². The van der Waals surface area contributed by atoms with Crippen molar-refractivity contribution in [3.8, 4) is 0 Å². The van der Waals surface area contributed by atoms with Crippen molar-refractivity contribution < 1.29 is 4.74 Å². The lowest BCUT2D eigenvalue weighted by molar-refractivity contribution is -0.000651. The molecule has 0 aromatic carbocycles. The van der Waals surface area contributed by atoms with E-state index in [1.54, 1.807) is 6.33 Å². The number of ether oxygens (including phenoxy) is 1. The van der Waals surface area contributed by atoms with Crippen LogP contribution < -0.4 is 5.32 Å². The van der Waals surface area contributed by atoms with Crippen LogP contribution in [0, 0.1) is 0 Å². The lowest BCUT2D eigenvalue weighted by Crippen LogP contribution is -2.53. The predicted molar refractivity (Wildman–Crippen MR) is 99.0 cm³/mol. The van der Waals surface area contributed by atoms with Gasteiger partial charge in [-0.2, -0.15) is 0 Å². The quantitative estimate of drug-likeness (QED) is 0.922. The third-order valence-corrected chi connectivity index (χ3v) is 6.91. The summed E-state index contributed by atoms with van der Waals surface area (Å²) in [4.78, 5) is 14.1. The van der Waals surface area contributed by atoms with Gasteiger partial charge in [0.05, 0.1) is 5.39 Å². The summed E-state index contributed by atoms with van der Waals surface area (Å²) in [5.41, 5.74) is 1.64. The Kier molecular flexibility index (Phi) is 4.45. The Bertz CT molecular complexity index is 721. The second kappa shape index (κ2) is 6.58. The van der Waals surface area contributed by atoms with Crippen molar-refractivity contribution in [2.75, 3.05) is 39.2 Å². The molecule has 5 nitrogen and oxygen atoms in total. The molecule has 0 saturated carbocycles. The van der Waals surface area contributed by atoms with Crippen molar-refractivity contribution >= 4 is 27.4 Å². The van der Waals surface area contributed by atoms with E-state index in [0.717, 1.165) is 43.2 Å². The first kappa shape index (κ1) is 16.2. The van der Waals surface area contributed by atoms with Gasteiger partial charge in [-0.3, -0.25) is 0 Å². The van der Waals surface area contributed by atoms with Crippen LogP contribution in [0.15, 0.2) is 6.33 Å². The van der Waals surface area contributed by atoms with Crippen molar-refractivity contribution in [3.63, 3.8) is 0 Å². The Morgan fingerprint density at radius 2 is 2.00 bits per heavy atom. The smallest absolute Gasteiger partial charge is 0.138 e. The fraction of sp³-hybridized carbons (Fsp3) is 0.667. The average Bonchev–Trinajstić information content (AvgIpc) is 3.00. The largest absolute Gasteiger partial charge is 0.381 e. The van der Waals surface area contributed by atoms with E-state index in [0.29, 0.717) is 0 Å². The molecule has 4 rings (SSSR count). The lowest BCUT2D eigenvalue weighted by atomic mass is 9.88. The molecular formula is C18H26N4OS. The molecule has 1 saturated heterocycles. The van der Waals surface area contributed by atoms with Gasteiger partial charge >= 0.3 is 0 Å². The van der Waals surface area contributed by atoms with Crippen LogP contribution in [0.5, 0.6) is 0 Å². The van der Waals surface area contributed by atoms with Crippen LogP contribution in [0.25, 0.3) is 10.2 Å². The molecule has 1 aliphatic carbocycles. The van der Waals surface area contributed by atoms with E-state index >= 15 is 0 Å². The minimum atomic E-state index is 0.144. The Morgan fingerprint density at radius 3 is 2.79 bits per heavy atom. The molecule has 0 atom stereocenters. The number of aryl methyl sites for hydroxylation is 2. The fourth-order valence-electron chi connectivity index (χ4n) is 4.01. The van der Waals surface area contributed by atoms with Gasteiger partial charge < -0.3 is 15.0 Å². The van der Waals surface area contributed by atoms with Crippen LogP contribution in [-0.4, -0.2) is 54.3 Å². The van der Waals surface area contributed by atoms with E-state index in [1.165, 1.54) is 41.5 Å². The van der Waals surface area contributed by atoms with Gasteiger partial charge in [0.25, 0.3) is 0 Å². The number of nitrogens with one attached hydrogen (secondary N) is 1. The monoisotopic (exact) mass is 346 g/mol. The molecule has 1 aliphatic heterocycles. The summed E-state index contributed by atoms with van der Waals surface area (Å²) in [7, 11) is 4.35. The molecule has 24 heavy (non-hydrogen) atoms. The van der Waals surface area contributed by atoms with E-state index in [1.807, 2.05) is 11.3 Å². The van der Waals surface area contributed by atoms with Gasteiger partial charge in [0, 0.05) is 30.2 Å². The van der Waals surface area contributed by atoms with Crippen molar-refractivity contribution in [2.24, 2.45) is 0 Å². The number of fused-ring (bicyclic) bond motifs is 3. The van der Waals surface area contributed by atoms with Crippen LogP contribution >= 0.6 is 11.3 Å². The molecule has 130 valence electrons. The Morgan fingerprint density at radius 1 is 1.21 bits per heavy atom. The molecule has 2 aromatic heterocycles. The number of hydrogen-bond acceptors (Lipinski definition) is 6. The van der Waals surface area contributed by atoms with E-state index in [9.17, 15) is 0 Å². The molecule has 0 amide bonds. The maximum atomic E-state index is 5.58. The van der Waals surface area contributed by atoms with Crippen LogP contribution in [0.3, 0.4) is 0 Å². The maximum absolute atomic E-state index is 5.58. The number of hydrogen-bond donors (Lipinski definition) is 1. The van der Waals surface area contributed by atoms with Crippen LogP contribution in [-0.2, 0) is 17.6 Å². The molecule has 6 heteroatoms. The number of anilines is 1. The second-order valence-corrected chi connectivity index (χ2v) is 8.28. The summed E-state index contributed by atoms with van der Waals surface area (Å²) < 4.78 is 5.58. The molecule has 3 heterocycles. The topological polar surface area (TPSA) is 50.3 Å². The van der Waals surface area contributed by atoms with Crippen molar-refractivity contribution in [1.29, 1.82) is 0 Å². The number of rotatable bonds is 4. The predicted octanol–water partition coefficient (Wildman–Crippen LogP) is 3.09. The third kappa shape index (κ3) is 2.80. The number of aromatic nitrogens is 2. The first-order valence-electron chi connectivity index (χ1n) is 8.94. The minimum Gasteiger partial charge on any atom is -0.381 e. The summed E-state index contributed by atoms with van der Waals surface area (Å²) in [6.07, 6.45) is 8.79. The summed E-state index contributed by atoms with van der Waals surface area (Å²) in [5.74, 6) is 1.02. The second-order valence-electron chi connectivity index (χ2n) is 7.20. The third-order valence-electron chi connectivity index (χ3n) is 5.71. The summed E-state index contributed by atoms with van der Waals surface area (Å²) in [6, 6.07) is 0. The van der Waals surface area contributed by atoms with E-state index in [4.69, 9.17) is 4.74 Å². The van der Waals surface area contributed by atoms with Gasteiger partial charge in [-0.25, -0.2) is 9.97 Å². The number of thiophene rings is 1. The highest BCUT2D eigenvalue weighted by atomic mass is 32.1. The molecule has 1 fully saturated rings. The zero-order chi connectivity index (χ0) is 16.6. The van der Waals surface area contributed by atoms with Crippen LogP contribution in [0.4, 0.5) is 5.82 Å². The van der Waals surface area contributed by atoms with Gasteiger partial charge in [-0.1, -0.05) is 0 Å². The Hall–Kier alpha value is -1.24. The zero-order valence-electron chi connectivity index (χ0n) is 14.6. The normalized spacial score (nSPS) is 20.3. The van der Waals surface area contributed by atoms with Gasteiger partial charge in [0.2, 0.25) is 0 Å². The zero-order valence-corrected chi connectivity index (χ0v) is 15.4. The minimum absolute atomic E-state index is 0.144. The van der Waals surface area contributed by atoms with Gasteiger partial charge in [0.15, 0.2) is 0 Å². The maximum Gasteiger partial charge on any atom is 0.138 e. The first-order valence-corrected chi connectivity index (χ1v) is 9.76. The van der Waals surface area contributed by atoms with Gasteiger partial charge in [0.1, 0.15) is 17.0 Å². The standard InChI is InChI=1S/C18H26N4OS/c1-22(2)18(7-9-23-10-8-18)11-19-16-15-13-5-3-4-6-14(13)24-17(15)21-12-20-16/h12H,3-11H2,1-2H3,(H,19,20,21). The summed E-state index contributed by atoms with van der Waals surface area (Å²) in [5, 5.41) is 4.95. The number of likely N-dealkylation sites (N-methyl/N-ethyl adjacent to an activating group) is 1. The highest BCUT2D eigenvalue weighted by Crippen LogP contribution is 2.38. The van der Waals surface area contributed by atoms with Crippen LogP contribution in [0.2, 0.25) is 0 Å². The van der Waals surface area contributed by atoms with Crippen molar-refractivity contribution in [3.05, 3.63) is 16.8 Å². The molecule has 0 unspecified atom stereocenters. The SMILES string of the molecule is CN(C)C1(CNc2ncnc3sc4c(c23)CCCC4)CCOCC1. The molecule has 0 radical (unpaired) electrons. The van der Waals surface area contributed by atoms with Gasteiger partial charge in [-0.15, -0.1) is 11.3 Å². The van der Waals surface area contributed by atoms with E-state index < -0.39 is 0 Å². The van der Waals surface area contributed by atoms with Gasteiger partial charge in [-0.05, 0) is 58.2 Å². The summed E-state index contributed by atoms with van der Waals surface area (Å²) >= 11 is 1.86. The summed E-state index contributed by atoms with van der Waals surface area (Å²) in [6.45, 7) is 2.58. The highest BCUT2D eigenvalue weighted by Gasteiger charge is 2.35. The average molecular weight is 347 g/mol. The first-order chi connectivity index (χ1) is 11.7. The Balaban J connectivity index is 1.63. The lowest BCUT2D eigenvalue weighted by Gasteiger charge is -2.43. The number of nitrogens with zero attached hydrogens (tertiary/aromatic N) is 3. The molecule has 0 bridgehead atoms. The Labute approximate surface area is 147 Å².